The zero-order chi connectivity index (χ0) is 11.7. The van der Waals surface area contributed by atoms with E-state index in [4.69, 9.17) is 10.3 Å². The molecule has 1 aliphatic rings. The van der Waals surface area contributed by atoms with Crippen LogP contribution in [0.1, 0.15) is 41.6 Å². The summed E-state index contributed by atoms with van der Waals surface area (Å²) in [6.07, 6.45) is 3.41. The van der Waals surface area contributed by atoms with Gasteiger partial charge in [-0.1, -0.05) is 29.4 Å². The number of hydrogen-bond donors (Lipinski definition) is 1. The van der Waals surface area contributed by atoms with Gasteiger partial charge < -0.3 is 10.3 Å². The molecule has 1 aromatic heterocycles. The summed E-state index contributed by atoms with van der Waals surface area (Å²) < 4.78 is 5.10. The summed E-state index contributed by atoms with van der Waals surface area (Å²) in [5, 5.41) is 4.04. The number of rotatable bonds is 2. The number of nitrogens with zero attached hydrogens (tertiary/aromatic N) is 2. The lowest BCUT2D eigenvalue weighted by Gasteiger charge is -2.22. The quantitative estimate of drug-likeness (QED) is 0.855. The molecule has 1 unspecified atom stereocenters. The molecule has 0 amide bonds. The second-order valence-electron chi connectivity index (χ2n) is 4.39. The summed E-state index contributed by atoms with van der Waals surface area (Å²) in [5.41, 5.74) is 8.23. The van der Waals surface area contributed by atoms with Crippen LogP contribution in [-0.2, 0) is 13.0 Å². The van der Waals surface area contributed by atoms with Gasteiger partial charge in [-0.15, -0.1) is 0 Å². The molecule has 1 aromatic carbocycles. The lowest BCUT2D eigenvalue weighted by molar-refractivity contribution is 0.371. The zero-order valence-electron chi connectivity index (χ0n) is 9.60. The first-order chi connectivity index (χ1) is 8.38. The van der Waals surface area contributed by atoms with E-state index >= 15 is 0 Å². The Bertz CT molecular complexity index is 521. The van der Waals surface area contributed by atoms with Gasteiger partial charge in [0, 0.05) is 5.92 Å². The highest BCUT2D eigenvalue weighted by Crippen LogP contribution is 2.34. The van der Waals surface area contributed by atoms with Crippen LogP contribution in [0.2, 0.25) is 0 Å². The normalized spacial score (nSPS) is 19.0. The predicted molar refractivity (Wildman–Crippen MR) is 63.4 cm³/mol. The van der Waals surface area contributed by atoms with Gasteiger partial charge in [0.1, 0.15) is 0 Å². The molecule has 0 radical (unpaired) electrons. The van der Waals surface area contributed by atoms with Crippen LogP contribution in [-0.4, -0.2) is 10.1 Å². The third kappa shape index (κ3) is 1.85. The summed E-state index contributed by atoms with van der Waals surface area (Å²) in [4.78, 5) is 4.35. The van der Waals surface area contributed by atoms with Crippen molar-refractivity contribution in [2.75, 3.05) is 0 Å². The SMILES string of the molecule is NCc1nc(C2CCCc3ccccc32)no1. The number of nitrogens with two attached hydrogens (primary N) is 1. The molecule has 4 heteroatoms. The number of benzene rings is 1. The number of aromatic nitrogens is 2. The monoisotopic (exact) mass is 229 g/mol. The van der Waals surface area contributed by atoms with Gasteiger partial charge >= 0.3 is 0 Å². The summed E-state index contributed by atoms with van der Waals surface area (Å²) in [5.74, 6) is 1.56. The minimum atomic E-state index is 0.268. The van der Waals surface area contributed by atoms with E-state index in [-0.39, 0.29) is 5.92 Å². The van der Waals surface area contributed by atoms with Crippen LogP contribution in [0.3, 0.4) is 0 Å². The standard InChI is InChI=1S/C13H15N3O/c14-8-12-15-13(16-17-12)11-7-3-5-9-4-1-2-6-10(9)11/h1-2,4,6,11H,3,5,7-8,14H2. The average molecular weight is 229 g/mol. The molecule has 0 aliphatic heterocycles. The summed E-state index contributed by atoms with van der Waals surface area (Å²) in [6, 6.07) is 8.51. The number of hydrogen-bond acceptors (Lipinski definition) is 4. The fourth-order valence-electron chi connectivity index (χ4n) is 2.51. The Labute approximate surface area is 99.8 Å². The van der Waals surface area contributed by atoms with Crippen molar-refractivity contribution in [3.05, 3.63) is 47.1 Å². The van der Waals surface area contributed by atoms with Crippen LogP contribution in [0, 0.1) is 0 Å². The minimum absolute atomic E-state index is 0.268. The Morgan fingerprint density at radius 1 is 1.35 bits per heavy atom. The summed E-state index contributed by atoms with van der Waals surface area (Å²) in [7, 11) is 0. The van der Waals surface area contributed by atoms with Gasteiger partial charge in [0.15, 0.2) is 5.82 Å². The molecule has 4 nitrogen and oxygen atoms in total. The van der Waals surface area contributed by atoms with Gasteiger partial charge in [-0.3, -0.25) is 0 Å². The van der Waals surface area contributed by atoms with Gasteiger partial charge in [0.25, 0.3) is 0 Å². The summed E-state index contributed by atoms with van der Waals surface area (Å²) in [6.45, 7) is 0.307. The van der Waals surface area contributed by atoms with Crippen molar-refractivity contribution >= 4 is 0 Å². The second-order valence-corrected chi connectivity index (χ2v) is 4.39. The molecule has 2 aromatic rings. The van der Waals surface area contributed by atoms with Gasteiger partial charge in [-0.25, -0.2) is 0 Å². The molecule has 1 aliphatic carbocycles. The first-order valence-electron chi connectivity index (χ1n) is 5.99. The van der Waals surface area contributed by atoms with Crippen molar-refractivity contribution in [3.8, 4) is 0 Å². The Balaban J connectivity index is 1.99. The van der Waals surface area contributed by atoms with E-state index < -0.39 is 0 Å². The Morgan fingerprint density at radius 2 is 2.24 bits per heavy atom. The fraction of sp³-hybridized carbons (Fsp3) is 0.385. The lowest BCUT2D eigenvalue weighted by Crippen LogP contribution is -2.12. The molecule has 3 rings (SSSR count). The zero-order valence-corrected chi connectivity index (χ0v) is 9.60. The van der Waals surface area contributed by atoms with Crippen molar-refractivity contribution in [1.29, 1.82) is 0 Å². The lowest BCUT2D eigenvalue weighted by atomic mass is 9.82. The smallest absolute Gasteiger partial charge is 0.240 e. The van der Waals surface area contributed by atoms with Gasteiger partial charge in [0.2, 0.25) is 5.89 Å². The van der Waals surface area contributed by atoms with Crippen molar-refractivity contribution < 1.29 is 4.52 Å². The highest BCUT2D eigenvalue weighted by molar-refractivity contribution is 5.35. The number of aryl methyl sites for hydroxylation is 1. The first kappa shape index (κ1) is 10.5. The number of fused-ring (bicyclic) bond motifs is 1. The fourth-order valence-corrected chi connectivity index (χ4v) is 2.51. The van der Waals surface area contributed by atoms with Crippen LogP contribution in [0.4, 0.5) is 0 Å². The highest BCUT2D eigenvalue weighted by atomic mass is 16.5. The van der Waals surface area contributed by atoms with Crippen molar-refractivity contribution in [2.24, 2.45) is 5.73 Å². The third-order valence-corrected chi connectivity index (χ3v) is 3.34. The maximum Gasteiger partial charge on any atom is 0.240 e. The van der Waals surface area contributed by atoms with E-state index in [0.29, 0.717) is 12.4 Å². The molecule has 0 bridgehead atoms. The summed E-state index contributed by atoms with van der Waals surface area (Å²) >= 11 is 0. The molecule has 0 saturated heterocycles. The Hall–Kier alpha value is -1.68. The van der Waals surface area contributed by atoms with Crippen molar-refractivity contribution in [3.63, 3.8) is 0 Å². The molecule has 1 atom stereocenters. The molecular formula is C13H15N3O. The molecule has 1 heterocycles. The Kier molecular flexibility index (Phi) is 2.65. The molecule has 0 spiro atoms. The third-order valence-electron chi connectivity index (χ3n) is 3.34. The van der Waals surface area contributed by atoms with Gasteiger partial charge in [-0.05, 0) is 30.4 Å². The van der Waals surface area contributed by atoms with Gasteiger partial charge in [0.05, 0.1) is 6.54 Å². The van der Waals surface area contributed by atoms with Crippen LogP contribution in [0.5, 0.6) is 0 Å². The average Bonchev–Trinajstić information content (AvgIpc) is 2.87. The van der Waals surface area contributed by atoms with Gasteiger partial charge in [-0.2, -0.15) is 4.98 Å². The van der Waals surface area contributed by atoms with Crippen LogP contribution < -0.4 is 5.73 Å². The van der Waals surface area contributed by atoms with E-state index in [9.17, 15) is 0 Å². The maximum atomic E-state index is 5.49. The van der Waals surface area contributed by atoms with Crippen LogP contribution in [0.25, 0.3) is 0 Å². The predicted octanol–water partition coefficient (Wildman–Crippen LogP) is 2.00. The molecule has 2 N–H and O–H groups in total. The van der Waals surface area contributed by atoms with Crippen molar-refractivity contribution in [2.45, 2.75) is 31.7 Å². The Morgan fingerprint density at radius 3 is 3.06 bits per heavy atom. The molecule has 0 saturated carbocycles. The van der Waals surface area contributed by atoms with E-state index in [1.54, 1.807) is 0 Å². The first-order valence-corrected chi connectivity index (χ1v) is 5.99. The molecule has 88 valence electrons. The second kappa shape index (κ2) is 4.30. The molecular weight excluding hydrogens is 214 g/mol. The van der Waals surface area contributed by atoms with E-state index in [0.717, 1.165) is 18.7 Å². The topological polar surface area (TPSA) is 64.9 Å². The highest BCUT2D eigenvalue weighted by Gasteiger charge is 2.25. The largest absolute Gasteiger partial charge is 0.338 e. The van der Waals surface area contributed by atoms with E-state index in [1.165, 1.54) is 17.5 Å². The minimum Gasteiger partial charge on any atom is -0.338 e. The van der Waals surface area contributed by atoms with E-state index in [2.05, 4.69) is 34.4 Å². The van der Waals surface area contributed by atoms with Crippen molar-refractivity contribution in [1.82, 2.24) is 10.1 Å². The molecule has 17 heavy (non-hydrogen) atoms. The van der Waals surface area contributed by atoms with E-state index in [1.807, 2.05) is 0 Å². The molecule has 0 fully saturated rings. The maximum absolute atomic E-state index is 5.49. The van der Waals surface area contributed by atoms with Crippen LogP contribution in [0.15, 0.2) is 28.8 Å². The van der Waals surface area contributed by atoms with Crippen LogP contribution >= 0.6 is 0 Å².